The van der Waals surface area contributed by atoms with Crippen LogP contribution in [-0.2, 0) is 16.6 Å². The molecule has 1 amide bonds. The van der Waals surface area contributed by atoms with E-state index in [0.717, 1.165) is 5.57 Å². The number of allylic oxidation sites excluding steroid dienone is 1. The zero-order valence-corrected chi connectivity index (χ0v) is 19.5. The van der Waals surface area contributed by atoms with E-state index in [-0.39, 0.29) is 36.0 Å². The van der Waals surface area contributed by atoms with Crippen molar-refractivity contribution in [2.45, 2.75) is 37.3 Å². The maximum absolute atomic E-state index is 13.5. The molecule has 14 heteroatoms. The Morgan fingerprint density at radius 3 is 2.71 bits per heavy atom. The molecule has 0 spiro atoms. The number of nitrogens with one attached hydrogen (secondary N) is 1. The van der Waals surface area contributed by atoms with Gasteiger partial charge in [0.1, 0.15) is 35.1 Å². The van der Waals surface area contributed by atoms with Crippen LogP contribution in [0.4, 0.5) is 24.8 Å². The Labute approximate surface area is 212 Å². The number of carbonyl (C=O) groups is 1. The molecule has 0 radical (unpaired) electrons. The number of nitrogens with two attached hydrogens (primary N) is 1. The first kappa shape index (κ1) is 23.5. The quantitative estimate of drug-likeness (QED) is 0.366. The van der Waals surface area contributed by atoms with Crippen molar-refractivity contribution in [3.8, 4) is 17.6 Å². The van der Waals surface area contributed by atoms with Crippen molar-refractivity contribution in [3.63, 3.8) is 0 Å². The van der Waals surface area contributed by atoms with E-state index in [1.54, 1.807) is 12.1 Å². The first-order chi connectivity index (χ1) is 18.2. The molecule has 190 valence electrons. The number of nitriles is 1. The number of pyridine rings is 1. The van der Waals surface area contributed by atoms with Gasteiger partial charge < -0.3 is 11.1 Å². The highest BCUT2D eigenvalue weighted by Crippen LogP contribution is 2.53. The van der Waals surface area contributed by atoms with E-state index in [4.69, 9.17) is 11.0 Å². The minimum absolute atomic E-state index is 0.00826. The zero-order chi connectivity index (χ0) is 26.7. The minimum Gasteiger partial charge on any atom is -0.383 e. The van der Waals surface area contributed by atoms with Gasteiger partial charge in [-0.25, -0.2) is 24.5 Å². The largest absolute Gasteiger partial charge is 0.389 e. The van der Waals surface area contributed by atoms with Gasteiger partial charge in [0, 0.05) is 12.6 Å². The second-order valence-electron chi connectivity index (χ2n) is 8.91. The van der Waals surface area contributed by atoms with Gasteiger partial charge in [-0.15, -0.1) is 0 Å². The van der Waals surface area contributed by atoms with Crippen molar-refractivity contribution in [3.05, 3.63) is 65.0 Å². The second kappa shape index (κ2) is 8.30. The van der Waals surface area contributed by atoms with Crippen molar-refractivity contribution < 1.29 is 18.0 Å². The number of hydrogen-bond acceptors (Lipinski definition) is 9. The van der Waals surface area contributed by atoms with E-state index in [0.29, 0.717) is 34.6 Å². The third kappa shape index (κ3) is 3.71. The summed E-state index contributed by atoms with van der Waals surface area (Å²) < 4.78 is 39.5. The summed E-state index contributed by atoms with van der Waals surface area (Å²) in [4.78, 5) is 35.4. The van der Waals surface area contributed by atoms with Crippen LogP contribution in [0.1, 0.15) is 41.8 Å². The van der Waals surface area contributed by atoms with Crippen molar-refractivity contribution in [2.75, 3.05) is 11.1 Å². The summed E-state index contributed by atoms with van der Waals surface area (Å²) in [6.45, 7) is 0. The number of nitrogen functional groups attached to an aromatic ring is 1. The number of anilines is 2. The lowest BCUT2D eigenvalue weighted by molar-refractivity contribution is -0.135. The molecule has 2 aliphatic rings. The van der Waals surface area contributed by atoms with E-state index in [9.17, 15) is 18.0 Å². The summed E-state index contributed by atoms with van der Waals surface area (Å²) in [5.74, 6) is -0.152. The third-order valence-corrected chi connectivity index (χ3v) is 6.49. The normalized spacial score (nSPS) is 18.2. The van der Waals surface area contributed by atoms with Crippen molar-refractivity contribution >= 4 is 23.2 Å². The third-order valence-electron chi connectivity index (χ3n) is 6.49. The molecule has 1 aliphatic carbocycles. The SMILES string of the molecule is N#Cc1ccc(C2(C3=CC3)C(=O)Nc3nc(-c4cn5ncnc5c(CCCC(F)(F)F)n4)nc(N)c32)nc1. The number of alkyl halides is 3. The lowest BCUT2D eigenvalue weighted by Gasteiger charge is -2.25. The molecular formula is C24H17F3N10O. The highest BCUT2D eigenvalue weighted by atomic mass is 19.4. The van der Waals surface area contributed by atoms with Crippen LogP contribution in [0.5, 0.6) is 0 Å². The molecule has 6 rings (SSSR count). The molecule has 0 saturated carbocycles. The highest BCUT2D eigenvalue weighted by molar-refractivity contribution is 6.12. The molecule has 0 bridgehead atoms. The Hall–Kier alpha value is -4.93. The first-order valence-electron chi connectivity index (χ1n) is 11.5. The number of hydrogen-bond donors (Lipinski definition) is 2. The fourth-order valence-corrected chi connectivity index (χ4v) is 4.74. The molecule has 38 heavy (non-hydrogen) atoms. The standard InChI is InChI=1S/C24H17F3N10O/c25-23(26,27)7-1-2-14-21-31-11-32-37(21)10-15(33-14)19-34-18(29)17-20(35-19)36-22(38)24(17,13-4-5-13)16-6-3-12(8-28)9-30-16/h3-4,6,9-11H,1-2,5,7H2,(H3,29,34,35,36,38). The summed E-state index contributed by atoms with van der Waals surface area (Å²) in [5, 5.41) is 16.0. The van der Waals surface area contributed by atoms with E-state index in [1.165, 1.54) is 23.2 Å². The van der Waals surface area contributed by atoms with Gasteiger partial charge in [-0.3, -0.25) is 9.78 Å². The summed E-state index contributed by atoms with van der Waals surface area (Å²) in [7, 11) is 0. The summed E-state index contributed by atoms with van der Waals surface area (Å²) in [6, 6.07) is 5.18. The van der Waals surface area contributed by atoms with Gasteiger partial charge in [-0.2, -0.15) is 23.5 Å². The predicted molar refractivity (Wildman–Crippen MR) is 126 cm³/mol. The molecule has 0 aromatic carbocycles. The van der Waals surface area contributed by atoms with Crippen LogP contribution in [-0.4, -0.2) is 46.6 Å². The van der Waals surface area contributed by atoms with E-state index < -0.39 is 23.9 Å². The minimum atomic E-state index is -4.29. The maximum Gasteiger partial charge on any atom is 0.389 e. The van der Waals surface area contributed by atoms with Crippen molar-refractivity contribution in [1.82, 2.24) is 34.5 Å². The van der Waals surface area contributed by atoms with Crippen LogP contribution in [0.2, 0.25) is 0 Å². The van der Waals surface area contributed by atoms with Crippen LogP contribution in [0, 0.1) is 11.3 Å². The van der Waals surface area contributed by atoms with Crippen molar-refractivity contribution in [1.29, 1.82) is 5.26 Å². The number of aromatic nitrogens is 7. The molecule has 4 aromatic rings. The van der Waals surface area contributed by atoms with Gasteiger partial charge in [-0.1, -0.05) is 6.08 Å². The lowest BCUT2D eigenvalue weighted by Crippen LogP contribution is -2.36. The Kier molecular flexibility index (Phi) is 5.13. The Morgan fingerprint density at radius 2 is 2.03 bits per heavy atom. The van der Waals surface area contributed by atoms with Crippen LogP contribution >= 0.6 is 0 Å². The number of aryl methyl sites for hydroxylation is 1. The molecule has 11 nitrogen and oxygen atoms in total. The predicted octanol–water partition coefficient (Wildman–Crippen LogP) is 2.88. The highest BCUT2D eigenvalue weighted by Gasteiger charge is 2.56. The summed E-state index contributed by atoms with van der Waals surface area (Å²) in [5.41, 5.74) is 7.77. The average molecular weight is 518 g/mol. The first-order valence-corrected chi connectivity index (χ1v) is 11.5. The number of carbonyl (C=O) groups excluding carboxylic acids is 1. The molecule has 0 saturated heterocycles. The van der Waals surface area contributed by atoms with Crippen LogP contribution in [0.25, 0.3) is 17.2 Å². The van der Waals surface area contributed by atoms with Crippen LogP contribution in [0.15, 0.2) is 42.5 Å². The second-order valence-corrected chi connectivity index (χ2v) is 8.91. The van der Waals surface area contributed by atoms with Gasteiger partial charge in [0.05, 0.1) is 28.7 Å². The van der Waals surface area contributed by atoms with Gasteiger partial charge in [-0.05, 0) is 37.0 Å². The zero-order valence-electron chi connectivity index (χ0n) is 19.5. The van der Waals surface area contributed by atoms with E-state index in [1.807, 2.05) is 12.1 Å². The average Bonchev–Trinajstić information content (AvgIpc) is 3.53. The fraction of sp³-hybridized carbons (Fsp3) is 0.250. The number of amides is 1. The molecular weight excluding hydrogens is 501 g/mol. The number of nitrogens with zero attached hydrogens (tertiary/aromatic N) is 8. The van der Waals surface area contributed by atoms with Crippen LogP contribution in [0.3, 0.4) is 0 Å². The van der Waals surface area contributed by atoms with Gasteiger partial charge in [0.15, 0.2) is 11.5 Å². The topological polar surface area (TPSA) is 161 Å². The molecule has 5 heterocycles. The Bertz CT molecular complexity index is 1690. The fourth-order valence-electron chi connectivity index (χ4n) is 4.74. The summed E-state index contributed by atoms with van der Waals surface area (Å²) >= 11 is 0. The molecule has 0 fully saturated rings. The molecule has 3 N–H and O–H groups in total. The van der Waals surface area contributed by atoms with Gasteiger partial charge >= 0.3 is 6.18 Å². The van der Waals surface area contributed by atoms with E-state index >= 15 is 0 Å². The number of halogens is 3. The van der Waals surface area contributed by atoms with Gasteiger partial charge in [0.25, 0.3) is 0 Å². The molecule has 1 aliphatic heterocycles. The van der Waals surface area contributed by atoms with Gasteiger partial charge in [0.2, 0.25) is 5.91 Å². The number of fused-ring (bicyclic) bond motifs is 2. The van der Waals surface area contributed by atoms with Crippen LogP contribution < -0.4 is 11.1 Å². The Balaban J connectivity index is 1.44. The van der Waals surface area contributed by atoms with E-state index in [2.05, 4.69) is 35.3 Å². The Morgan fingerprint density at radius 1 is 1.21 bits per heavy atom. The molecule has 1 unspecified atom stereocenters. The maximum atomic E-state index is 13.5. The molecule has 4 aromatic heterocycles. The monoisotopic (exact) mass is 518 g/mol. The lowest BCUT2D eigenvalue weighted by atomic mass is 9.76. The smallest absolute Gasteiger partial charge is 0.383 e. The number of rotatable bonds is 6. The molecule has 1 atom stereocenters. The van der Waals surface area contributed by atoms with Crippen molar-refractivity contribution in [2.24, 2.45) is 0 Å². The summed E-state index contributed by atoms with van der Waals surface area (Å²) in [6.07, 6.45) is 1.18.